The standard InChI is InChI=1S/C15H20N2O3S/c1-11-4-5-12(15(18)16-13-6-7-13)10-14(11)21(19,20)17-8-2-3-9-17/h4-5,10,13H,2-3,6-9H2,1H3,(H,16,18). The maximum atomic E-state index is 12.7. The van der Waals surface area contributed by atoms with Crippen LogP contribution in [0.15, 0.2) is 23.1 Å². The van der Waals surface area contributed by atoms with E-state index in [2.05, 4.69) is 5.32 Å². The van der Waals surface area contributed by atoms with Gasteiger partial charge in [0, 0.05) is 24.7 Å². The van der Waals surface area contributed by atoms with Gasteiger partial charge in [0.1, 0.15) is 0 Å². The second-order valence-corrected chi connectivity index (χ2v) is 7.75. The second-order valence-electron chi connectivity index (χ2n) is 5.84. The third-order valence-electron chi connectivity index (χ3n) is 4.05. The summed E-state index contributed by atoms with van der Waals surface area (Å²) in [7, 11) is -3.48. The van der Waals surface area contributed by atoms with Crippen molar-refractivity contribution in [3.05, 3.63) is 29.3 Å². The molecule has 1 N–H and O–H groups in total. The van der Waals surface area contributed by atoms with Crippen molar-refractivity contribution in [3.63, 3.8) is 0 Å². The zero-order valence-electron chi connectivity index (χ0n) is 12.1. The minimum absolute atomic E-state index is 0.185. The Bertz CT molecular complexity index is 659. The number of sulfonamides is 1. The average molecular weight is 308 g/mol. The van der Waals surface area contributed by atoms with Crippen LogP contribution in [0.4, 0.5) is 0 Å². The molecule has 1 aromatic rings. The number of carbonyl (C=O) groups excluding carboxylic acids is 1. The third kappa shape index (κ3) is 2.96. The van der Waals surface area contributed by atoms with Crippen LogP contribution in [0, 0.1) is 6.92 Å². The predicted molar refractivity (Wildman–Crippen MR) is 79.7 cm³/mol. The minimum Gasteiger partial charge on any atom is -0.349 e. The minimum atomic E-state index is -3.48. The first-order chi connectivity index (χ1) is 9.98. The number of hydrogen-bond acceptors (Lipinski definition) is 3. The van der Waals surface area contributed by atoms with E-state index >= 15 is 0 Å². The van der Waals surface area contributed by atoms with Crippen LogP contribution >= 0.6 is 0 Å². The quantitative estimate of drug-likeness (QED) is 0.920. The molecule has 0 radical (unpaired) electrons. The van der Waals surface area contributed by atoms with Gasteiger partial charge in [0.2, 0.25) is 10.0 Å². The highest BCUT2D eigenvalue weighted by Crippen LogP contribution is 2.25. The normalized spacial score (nSPS) is 19.7. The zero-order valence-corrected chi connectivity index (χ0v) is 12.9. The van der Waals surface area contributed by atoms with Crippen LogP contribution in [0.2, 0.25) is 0 Å². The molecule has 1 heterocycles. The lowest BCUT2D eigenvalue weighted by Gasteiger charge is -2.17. The molecule has 6 heteroatoms. The maximum Gasteiger partial charge on any atom is 0.251 e. The van der Waals surface area contributed by atoms with Crippen molar-refractivity contribution < 1.29 is 13.2 Å². The van der Waals surface area contributed by atoms with Crippen molar-refractivity contribution in [2.45, 2.75) is 43.5 Å². The highest BCUT2D eigenvalue weighted by molar-refractivity contribution is 7.89. The summed E-state index contributed by atoms with van der Waals surface area (Å²) < 4.78 is 26.8. The molecule has 0 spiro atoms. The zero-order chi connectivity index (χ0) is 15.0. The summed E-state index contributed by atoms with van der Waals surface area (Å²) in [6.45, 7) is 2.91. The van der Waals surface area contributed by atoms with Gasteiger partial charge < -0.3 is 5.32 Å². The third-order valence-corrected chi connectivity index (χ3v) is 6.09. The van der Waals surface area contributed by atoms with Crippen LogP contribution in [0.25, 0.3) is 0 Å². The second kappa shape index (κ2) is 5.42. The van der Waals surface area contributed by atoms with Crippen LogP contribution in [0.1, 0.15) is 41.6 Å². The van der Waals surface area contributed by atoms with Crippen LogP contribution in [-0.2, 0) is 10.0 Å². The lowest BCUT2D eigenvalue weighted by molar-refractivity contribution is 0.0951. The summed E-state index contributed by atoms with van der Waals surface area (Å²) in [6, 6.07) is 5.18. The van der Waals surface area contributed by atoms with E-state index in [0.717, 1.165) is 25.7 Å². The van der Waals surface area contributed by atoms with Gasteiger partial charge >= 0.3 is 0 Å². The van der Waals surface area contributed by atoms with Gasteiger partial charge in [-0.1, -0.05) is 6.07 Å². The Morgan fingerprint density at radius 2 is 1.90 bits per heavy atom. The highest BCUT2D eigenvalue weighted by Gasteiger charge is 2.30. The monoisotopic (exact) mass is 308 g/mol. The Hall–Kier alpha value is -1.40. The average Bonchev–Trinajstić information content (AvgIpc) is 3.07. The molecule has 2 fully saturated rings. The largest absolute Gasteiger partial charge is 0.349 e. The maximum absolute atomic E-state index is 12.7. The number of benzene rings is 1. The van der Waals surface area contributed by atoms with Gasteiger partial charge in [-0.3, -0.25) is 4.79 Å². The Morgan fingerprint density at radius 3 is 2.52 bits per heavy atom. The summed E-state index contributed by atoms with van der Waals surface area (Å²) in [5.74, 6) is -0.185. The molecule has 5 nitrogen and oxygen atoms in total. The molecule has 0 unspecified atom stereocenters. The first-order valence-corrected chi connectivity index (χ1v) is 8.84. The van der Waals surface area contributed by atoms with Gasteiger partial charge in [0.15, 0.2) is 0 Å². The van der Waals surface area contributed by atoms with Crippen molar-refractivity contribution in [2.24, 2.45) is 0 Å². The molecule has 114 valence electrons. The highest BCUT2D eigenvalue weighted by atomic mass is 32.2. The Balaban J connectivity index is 1.91. The number of carbonyl (C=O) groups is 1. The molecule has 1 saturated carbocycles. The van der Waals surface area contributed by atoms with Crippen molar-refractivity contribution in [2.75, 3.05) is 13.1 Å². The number of nitrogens with one attached hydrogen (secondary N) is 1. The van der Waals surface area contributed by atoms with Gasteiger partial charge in [-0.05, 0) is 50.3 Å². The van der Waals surface area contributed by atoms with Crippen molar-refractivity contribution in [1.29, 1.82) is 0 Å². The molecule has 3 rings (SSSR count). The van der Waals surface area contributed by atoms with Crippen LogP contribution in [-0.4, -0.2) is 37.8 Å². The number of aryl methyl sites for hydroxylation is 1. The molecule has 1 saturated heterocycles. The smallest absolute Gasteiger partial charge is 0.251 e. The van der Waals surface area contributed by atoms with E-state index in [9.17, 15) is 13.2 Å². The van der Waals surface area contributed by atoms with E-state index in [0.29, 0.717) is 24.2 Å². The van der Waals surface area contributed by atoms with Gasteiger partial charge in [-0.2, -0.15) is 4.31 Å². The molecule has 1 aliphatic heterocycles. The number of rotatable bonds is 4. The molecular formula is C15H20N2O3S. The summed E-state index contributed by atoms with van der Waals surface area (Å²) in [6.07, 6.45) is 3.83. The van der Waals surface area contributed by atoms with Gasteiger partial charge in [0.05, 0.1) is 4.90 Å². The fourth-order valence-corrected chi connectivity index (χ4v) is 4.35. The topological polar surface area (TPSA) is 66.5 Å². The summed E-state index contributed by atoms with van der Waals surface area (Å²) in [5.41, 5.74) is 1.11. The first kappa shape index (κ1) is 14.5. The molecule has 21 heavy (non-hydrogen) atoms. The van der Waals surface area contributed by atoms with E-state index in [-0.39, 0.29) is 16.8 Å². The predicted octanol–water partition coefficient (Wildman–Crippen LogP) is 1.67. The molecule has 2 aliphatic rings. The summed E-state index contributed by atoms with van der Waals surface area (Å²) in [5, 5.41) is 2.89. The van der Waals surface area contributed by atoms with Gasteiger partial charge in [-0.25, -0.2) is 8.42 Å². The molecule has 0 bridgehead atoms. The summed E-state index contributed by atoms with van der Waals surface area (Å²) >= 11 is 0. The Kier molecular flexibility index (Phi) is 3.75. The van der Waals surface area contributed by atoms with Crippen molar-refractivity contribution in [1.82, 2.24) is 9.62 Å². The van der Waals surface area contributed by atoms with Gasteiger partial charge in [0.25, 0.3) is 5.91 Å². The molecule has 0 aromatic heterocycles. The summed E-state index contributed by atoms with van der Waals surface area (Å²) in [4.78, 5) is 12.3. The van der Waals surface area contributed by atoms with E-state index in [1.807, 2.05) is 0 Å². The molecule has 0 atom stereocenters. The van der Waals surface area contributed by atoms with E-state index in [1.54, 1.807) is 19.1 Å². The van der Waals surface area contributed by atoms with E-state index in [1.165, 1.54) is 10.4 Å². The number of hydrogen-bond donors (Lipinski definition) is 1. The first-order valence-electron chi connectivity index (χ1n) is 7.40. The Morgan fingerprint density at radius 1 is 1.24 bits per heavy atom. The lowest BCUT2D eigenvalue weighted by atomic mass is 10.1. The lowest BCUT2D eigenvalue weighted by Crippen LogP contribution is -2.29. The van der Waals surface area contributed by atoms with Crippen LogP contribution < -0.4 is 5.32 Å². The van der Waals surface area contributed by atoms with Crippen molar-refractivity contribution >= 4 is 15.9 Å². The van der Waals surface area contributed by atoms with Crippen LogP contribution in [0.5, 0.6) is 0 Å². The molecular weight excluding hydrogens is 288 g/mol. The number of amides is 1. The SMILES string of the molecule is Cc1ccc(C(=O)NC2CC2)cc1S(=O)(=O)N1CCCC1. The fourth-order valence-electron chi connectivity index (χ4n) is 2.58. The molecule has 1 aromatic carbocycles. The van der Waals surface area contributed by atoms with Crippen LogP contribution in [0.3, 0.4) is 0 Å². The molecule has 1 amide bonds. The number of nitrogens with zero attached hydrogens (tertiary/aromatic N) is 1. The molecule has 1 aliphatic carbocycles. The van der Waals surface area contributed by atoms with Crippen molar-refractivity contribution in [3.8, 4) is 0 Å². The van der Waals surface area contributed by atoms with E-state index < -0.39 is 10.0 Å². The van der Waals surface area contributed by atoms with E-state index in [4.69, 9.17) is 0 Å². The van der Waals surface area contributed by atoms with Gasteiger partial charge in [-0.15, -0.1) is 0 Å². The Labute approximate surface area is 125 Å². The fraction of sp³-hybridized carbons (Fsp3) is 0.533.